The molecule has 6 nitrogen and oxygen atoms in total. The van der Waals surface area contributed by atoms with Crippen molar-refractivity contribution in [2.75, 3.05) is 7.11 Å². The van der Waals surface area contributed by atoms with Crippen molar-refractivity contribution in [3.8, 4) is 17.1 Å². The van der Waals surface area contributed by atoms with Crippen molar-refractivity contribution in [3.63, 3.8) is 0 Å². The summed E-state index contributed by atoms with van der Waals surface area (Å²) in [6.45, 7) is -2.93. The van der Waals surface area contributed by atoms with Crippen LogP contribution in [0.5, 0.6) is 5.88 Å². The Kier molecular flexibility index (Phi) is 4.14. The van der Waals surface area contributed by atoms with Crippen LogP contribution in [0.4, 0.5) is 8.78 Å². The van der Waals surface area contributed by atoms with Crippen molar-refractivity contribution in [2.24, 2.45) is 0 Å². The summed E-state index contributed by atoms with van der Waals surface area (Å²) in [6, 6.07) is 4.33. The minimum Gasteiger partial charge on any atom is -0.463 e. The lowest BCUT2D eigenvalue weighted by atomic mass is 10.2. The molecule has 8 heteroatoms. The lowest BCUT2D eigenvalue weighted by Gasteiger charge is -2.05. The van der Waals surface area contributed by atoms with E-state index < -0.39 is 12.6 Å². The Morgan fingerprint density at radius 3 is 2.65 bits per heavy atom. The average Bonchev–Trinajstić information content (AvgIpc) is 2.47. The summed E-state index contributed by atoms with van der Waals surface area (Å²) in [5, 5.41) is 0. The minimum atomic E-state index is -2.93. The van der Waals surface area contributed by atoms with Gasteiger partial charge in [-0.1, -0.05) is 0 Å². The molecule has 2 heterocycles. The van der Waals surface area contributed by atoms with Crippen LogP contribution in [-0.2, 0) is 4.74 Å². The van der Waals surface area contributed by atoms with Gasteiger partial charge in [0.1, 0.15) is 0 Å². The van der Waals surface area contributed by atoms with E-state index in [4.69, 9.17) is 0 Å². The number of aromatic nitrogens is 3. The molecule has 0 saturated heterocycles. The van der Waals surface area contributed by atoms with Gasteiger partial charge in [0.05, 0.1) is 12.8 Å². The first-order valence-electron chi connectivity index (χ1n) is 5.42. The number of esters is 1. The van der Waals surface area contributed by atoms with Gasteiger partial charge in [0.15, 0.2) is 0 Å². The molecule has 2 aromatic rings. The number of halogens is 2. The highest BCUT2D eigenvalue weighted by atomic mass is 19.3. The van der Waals surface area contributed by atoms with E-state index in [1.165, 1.54) is 31.6 Å². The third kappa shape index (κ3) is 3.22. The molecule has 0 spiro atoms. The monoisotopic (exact) mass is 281 g/mol. The second-order valence-corrected chi connectivity index (χ2v) is 3.52. The van der Waals surface area contributed by atoms with Crippen LogP contribution in [0.2, 0.25) is 0 Å². The molecular formula is C12H9F2N3O3. The Bertz CT molecular complexity index is 605. The Hall–Kier alpha value is -2.64. The topological polar surface area (TPSA) is 74.2 Å². The van der Waals surface area contributed by atoms with Gasteiger partial charge in [-0.3, -0.25) is 0 Å². The molecule has 0 aliphatic carbocycles. The normalized spacial score (nSPS) is 10.4. The molecule has 0 fully saturated rings. The third-order valence-corrected chi connectivity index (χ3v) is 2.27. The second kappa shape index (κ2) is 6.00. The minimum absolute atomic E-state index is 0.0992. The van der Waals surface area contributed by atoms with Crippen LogP contribution >= 0.6 is 0 Å². The lowest BCUT2D eigenvalue weighted by Crippen LogP contribution is -2.07. The SMILES string of the molecule is COC(=O)c1nccc(-c2ccc(OC(F)F)nc2)n1. The maximum Gasteiger partial charge on any atom is 0.388 e. The molecule has 0 aliphatic rings. The maximum absolute atomic E-state index is 12.0. The predicted molar refractivity (Wildman–Crippen MR) is 63.2 cm³/mol. The molecule has 0 bridgehead atoms. The first-order valence-corrected chi connectivity index (χ1v) is 5.42. The molecule has 104 valence electrons. The first kappa shape index (κ1) is 13.8. The first-order chi connectivity index (χ1) is 9.60. The highest BCUT2D eigenvalue weighted by Gasteiger charge is 2.11. The molecule has 0 radical (unpaired) electrons. The molecule has 20 heavy (non-hydrogen) atoms. The number of pyridine rings is 1. The van der Waals surface area contributed by atoms with Gasteiger partial charge in [-0.25, -0.2) is 19.7 Å². The Labute approximate surface area is 112 Å². The highest BCUT2D eigenvalue weighted by molar-refractivity contribution is 5.85. The molecule has 2 rings (SSSR count). The van der Waals surface area contributed by atoms with Crippen LogP contribution in [0.25, 0.3) is 11.3 Å². The number of carbonyl (C=O) groups excluding carboxylic acids is 1. The molecule has 2 aromatic heterocycles. The van der Waals surface area contributed by atoms with Crippen molar-refractivity contribution in [1.29, 1.82) is 0 Å². The Morgan fingerprint density at radius 2 is 2.05 bits per heavy atom. The number of carbonyl (C=O) groups is 1. The summed E-state index contributed by atoms with van der Waals surface area (Å²) in [5.74, 6) is -0.971. The van der Waals surface area contributed by atoms with Crippen LogP contribution in [-0.4, -0.2) is 34.6 Å². The van der Waals surface area contributed by atoms with Gasteiger partial charge in [-0.15, -0.1) is 0 Å². The van der Waals surface area contributed by atoms with E-state index in [1.807, 2.05) is 0 Å². The van der Waals surface area contributed by atoms with Gasteiger partial charge in [-0.05, 0) is 12.1 Å². The van der Waals surface area contributed by atoms with E-state index >= 15 is 0 Å². The van der Waals surface area contributed by atoms with Crippen LogP contribution in [0.1, 0.15) is 10.6 Å². The highest BCUT2D eigenvalue weighted by Crippen LogP contribution is 2.19. The number of ether oxygens (including phenoxy) is 2. The molecule has 0 atom stereocenters. The number of methoxy groups -OCH3 is 1. The second-order valence-electron chi connectivity index (χ2n) is 3.52. The van der Waals surface area contributed by atoms with E-state index in [1.54, 1.807) is 6.07 Å². The van der Waals surface area contributed by atoms with Gasteiger partial charge in [0, 0.05) is 24.0 Å². The summed E-state index contributed by atoms with van der Waals surface area (Å²) >= 11 is 0. The summed E-state index contributed by atoms with van der Waals surface area (Å²) in [5.41, 5.74) is 0.940. The van der Waals surface area contributed by atoms with E-state index in [-0.39, 0.29) is 11.7 Å². The lowest BCUT2D eigenvalue weighted by molar-refractivity contribution is -0.0528. The van der Waals surface area contributed by atoms with Crippen LogP contribution in [0, 0.1) is 0 Å². The zero-order valence-corrected chi connectivity index (χ0v) is 10.3. The van der Waals surface area contributed by atoms with Gasteiger partial charge < -0.3 is 9.47 Å². The van der Waals surface area contributed by atoms with Crippen molar-refractivity contribution in [1.82, 2.24) is 15.0 Å². The van der Waals surface area contributed by atoms with Gasteiger partial charge >= 0.3 is 12.6 Å². The quantitative estimate of drug-likeness (QED) is 0.797. The summed E-state index contributed by atoms with van der Waals surface area (Å²) in [4.78, 5) is 22.8. The fraction of sp³-hybridized carbons (Fsp3) is 0.167. The van der Waals surface area contributed by atoms with Crippen LogP contribution < -0.4 is 4.74 Å². The van der Waals surface area contributed by atoms with Gasteiger partial charge in [0.2, 0.25) is 11.7 Å². The number of nitrogens with zero attached hydrogens (tertiary/aromatic N) is 3. The third-order valence-electron chi connectivity index (χ3n) is 2.27. The Balaban J connectivity index is 2.25. The van der Waals surface area contributed by atoms with Crippen LogP contribution in [0.3, 0.4) is 0 Å². The van der Waals surface area contributed by atoms with E-state index in [2.05, 4.69) is 24.4 Å². The molecule has 0 saturated carbocycles. The van der Waals surface area contributed by atoms with Gasteiger partial charge in [0.25, 0.3) is 0 Å². The predicted octanol–water partition coefficient (Wildman–Crippen LogP) is 1.93. The van der Waals surface area contributed by atoms with Crippen molar-refractivity contribution in [3.05, 3.63) is 36.4 Å². The standard InChI is InChI=1S/C12H9F2N3O3/c1-19-11(18)10-15-5-4-8(17-10)7-2-3-9(16-6-7)20-12(13)14/h2-6,12H,1H3. The fourth-order valence-electron chi connectivity index (χ4n) is 1.40. The summed E-state index contributed by atoms with van der Waals surface area (Å²) < 4.78 is 32.6. The number of hydrogen-bond acceptors (Lipinski definition) is 6. The number of alkyl halides is 2. The Morgan fingerprint density at radius 1 is 1.25 bits per heavy atom. The van der Waals surface area contributed by atoms with Crippen molar-refractivity contribution >= 4 is 5.97 Å². The zero-order valence-electron chi connectivity index (χ0n) is 10.3. The fourth-order valence-corrected chi connectivity index (χ4v) is 1.40. The van der Waals surface area contributed by atoms with E-state index in [0.717, 1.165) is 0 Å². The summed E-state index contributed by atoms with van der Waals surface area (Å²) in [7, 11) is 1.22. The van der Waals surface area contributed by atoms with Gasteiger partial charge in [-0.2, -0.15) is 8.78 Å². The molecule has 0 amide bonds. The molecule has 0 aromatic carbocycles. The van der Waals surface area contributed by atoms with Crippen LogP contribution in [0.15, 0.2) is 30.6 Å². The molecule has 0 unspecified atom stereocenters. The molecular weight excluding hydrogens is 272 g/mol. The maximum atomic E-state index is 12.0. The summed E-state index contributed by atoms with van der Waals surface area (Å²) in [6.07, 6.45) is 2.69. The van der Waals surface area contributed by atoms with E-state index in [0.29, 0.717) is 11.3 Å². The smallest absolute Gasteiger partial charge is 0.388 e. The molecule has 0 N–H and O–H groups in total. The number of rotatable bonds is 4. The van der Waals surface area contributed by atoms with E-state index in [9.17, 15) is 13.6 Å². The largest absolute Gasteiger partial charge is 0.463 e. The van der Waals surface area contributed by atoms with Crippen molar-refractivity contribution < 1.29 is 23.0 Å². The number of hydrogen-bond donors (Lipinski definition) is 0. The zero-order chi connectivity index (χ0) is 14.5. The average molecular weight is 281 g/mol. The molecule has 0 aliphatic heterocycles. The van der Waals surface area contributed by atoms with Crippen molar-refractivity contribution in [2.45, 2.75) is 6.61 Å².